The minimum atomic E-state index is -4.77. The summed E-state index contributed by atoms with van der Waals surface area (Å²) in [5, 5.41) is 4.38. The van der Waals surface area contributed by atoms with E-state index in [1.54, 1.807) is 0 Å². The molecule has 2 amide bonds. The quantitative estimate of drug-likeness (QED) is 0.530. The molecule has 0 heterocycles. The molecule has 144 valence electrons. The van der Waals surface area contributed by atoms with Crippen molar-refractivity contribution in [1.29, 1.82) is 0 Å². The van der Waals surface area contributed by atoms with Crippen molar-refractivity contribution in [2.75, 3.05) is 10.6 Å². The van der Waals surface area contributed by atoms with Gasteiger partial charge in [0.1, 0.15) is 0 Å². The van der Waals surface area contributed by atoms with Crippen LogP contribution in [-0.2, 0) is 11.0 Å². The minimum Gasteiger partial charge on any atom is -0.326 e. The molecule has 0 aromatic heterocycles. The molecule has 0 bridgehead atoms. The van der Waals surface area contributed by atoms with Gasteiger partial charge in [-0.2, -0.15) is 22.0 Å². The Morgan fingerprint density at radius 2 is 1.63 bits per heavy atom. The molecule has 2 aromatic rings. The van der Waals surface area contributed by atoms with Crippen LogP contribution >= 0.6 is 11.8 Å². The maximum Gasteiger partial charge on any atom is 0.418 e. The molecular weight excluding hydrogens is 391 g/mol. The summed E-state index contributed by atoms with van der Waals surface area (Å²) in [6, 6.07) is 7.96. The van der Waals surface area contributed by atoms with Crippen molar-refractivity contribution >= 4 is 35.0 Å². The lowest BCUT2D eigenvalue weighted by Crippen LogP contribution is -2.17. The van der Waals surface area contributed by atoms with Crippen molar-refractivity contribution in [2.45, 2.75) is 23.8 Å². The largest absolute Gasteiger partial charge is 0.418 e. The summed E-state index contributed by atoms with van der Waals surface area (Å²) >= 11 is 0.287. The van der Waals surface area contributed by atoms with Crippen molar-refractivity contribution < 1.29 is 31.5 Å². The third-order valence-corrected chi connectivity index (χ3v) is 3.96. The van der Waals surface area contributed by atoms with E-state index in [9.17, 15) is 31.5 Å². The van der Waals surface area contributed by atoms with Gasteiger partial charge in [-0.1, -0.05) is 11.8 Å². The monoisotopic (exact) mass is 404 g/mol. The van der Waals surface area contributed by atoms with Gasteiger partial charge in [0.2, 0.25) is 5.91 Å². The average Bonchev–Trinajstić information content (AvgIpc) is 2.55. The highest BCUT2D eigenvalue weighted by molar-refractivity contribution is 7.99. The van der Waals surface area contributed by atoms with E-state index >= 15 is 0 Å². The molecule has 2 aromatic carbocycles. The van der Waals surface area contributed by atoms with E-state index in [1.807, 2.05) is 0 Å². The van der Waals surface area contributed by atoms with Crippen LogP contribution in [-0.4, -0.2) is 17.6 Å². The normalized spacial score (nSPS) is 11.4. The molecule has 0 aliphatic carbocycles. The zero-order chi connectivity index (χ0) is 20.2. The fourth-order valence-electron chi connectivity index (χ4n) is 2.15. The molecule has 0 unspecified atom stereocenters. The summed E-state index contributed by atoms with van der Waals surface area (Å²) in [7, 11) is 0. The van der Waals surface area contributed by atoms with E-state index in [1.165, 1.54) is 30.3 Å². The molecule has 0 saturated carbocycles. The summed E-state index contributed by atoms with van der Waals surface area (Å²) in [4.78, 5) is 23.4. The van der Waals surface area contributed by atoms with E-state index in [0.29, 0.717) is 6.07 Å². The van der Waals surface area contributed by atoms with Gasteiger partial charge in [-0.05, 0) is 42.5 Å². The van der Waals surface area contributed by atoms with E-state index in [2.05, 4.69) is 10.6 Å². The third-order valence-electron chi connectivity index (χ3n) is 3.24. The van der Waals surface area contributed by atoms with Gasteiger partial charge >= 0.3 is 6.18 Å². The van der Waals surface area contributed by atoms with Crippen LogP contribution in [0.15, 0.2) is 47.4 Å². The minimum absolute atomic E-state index is 0.00711. The number of halogens is 5. The number of thioether (sulfide) groups is 1. The lowest BCUT2D eigenvalue weighted by molar-refractivity contribution is -0.137. The third kappa shape index (κ3) is 5.95. The van der Waals surface area contributed by atoms with Crippen LogP contribution in [0.4, 0.5) is 33.3 Å². The van der Waals surface area contributed by atoms with Crippen molar-refractivity contribution in [3.63, 3.8) is 0 Å². The van der Waals surface area contributed by atoms with Crippen molar-refractivity contribution in [2.24, 2.45) is 0 Å². The molecule has 0 aliphatic rings. The van der Waals surface area contributed by atoms with Gasteiger partial charge in [0.25, 0.3) is 11.7 Å². The first-order valence-electron chi connectivity index (χ1n) is 7.41. The zero-order valence-electron chi connectivity index (χ0n) is 13.7. The first kappa shape index (κ1) is 20.7. The predicted octanol–water partition coefficient (Wildman–Crippen LogP) is 5.23. The number of carbonyl (C=O) groups is 2. The topological polar surface area (TPSA) is 58.2 Å². The Kier molecular flexibility index (Phi) is 6.42. The van der Waals surface area contributed by atoms with Gasteiger partial charge in [-0.25, -0.2) is 0 Å². The molecule has 2 rings (SSSR count). The molecule has 0 aliphatic heterocycles. The maximum atomic E-state index is 13.3. The zero-order valence-corrected chi connectivity index (χ0v) is 14.5. The summed E-state index contributed by atoms with van der Waals surface area (Å²) < 4.78 is 64.3. The number of rotatable bonds is 5. The molecule has 0 atom stereocenters. The Balaban J connectivity index is 2.24. The van der Waals surface area contributed by atoms with E-state index < -0.39 is 35.0 Å². The van der Waals surface area contributed by atoms with Gasteiger partial charge in [0, 0.05) is 23.1 Å². The van der Waals surface area contributed by atoms with Crippen molar-refractivity contribution in [3.05, 3.63) is 53.6 Å². The molecule has 0 saturated heterocycles. The Labute approximate surface area is 155 Å². The highest BCUT2D eigenvalue weighted by Gasteiger charge is 2.34. The Hall–Kier alpha value is -2.62. The molecule has 27 heavy (non-hydrogen) atoms. The van der Waals surface area contributed by atoms with E-state index in [0.717, 1.165) is 13.0 Å². The van der Waals surface area contributed by atoms with Crippen LogP contribution in [0.2, 0.25) is 0 Å². The number of hydrogen-bond acceptors (Lipinski definition) is 3. The standard InChI is InChI=1S/C17H13F5N2O2S/c1-9(25)23-11-4-7-14(13(8-11)17(20,21)22)24-15(26)10-2-5-12(6-3-10)27-16(18)19/h2-8,16H,1H3,(H,23,25)(H,24,26). The second-order valence-corrected chi connectivity index (χ2v) is 6.36. The van der Waals surface area contributed by atoms with Gasteiger partial charge in [-0.3, -0.25) is 9.59 Å². The molecule has 0 radical (unpaired) electrons. The van der Waals surface area contributed by atoms with Crippen molar-refractivity contribution in [3.8, 4) is 0 Å². The lowest BCUT2D eigenvalue weighted by atomic mass is 10.1. The number of hydrogen-bond donors (Lipinski definition) is 2. The number of anilines is 2. The summed E-state index contributed by atoms with van der Waals surface area (Å²) in [5.41, 5.74) is -1.69. The van der Waals surface area contributed by atoms with Crippen LogP contribution < -0.4 is 10.6 Å². The summed E-state index contributed by atoms with van der Waals surface area (Å²) in [6.07, 6.45) is -4.77. The van der Waals surface area contributed by atoms with Crippen LogP contribution in [0.5, 0.6) is 0 Å². The Morgan fingerprint density at radius 1 is 1.00 bits per heavy atom. The summed E-state index contributed by atoms with van der Waals surface area (Å²) in [6.45, 7) is 1.15. The number of carbonyl (C=O) groups excluding carboxylic acids is 2. The van der Waals surface area contributed by atoms with Crippen LogP contribution in [0.25, 0.3) is 0 Å². The number of nitrogens with one attached hydrogen (secondary N) is 2. The molecule has 4 nitrogen and oxygen atoms in total. The van der Waals surface area contributed by atoms with Crippen molar-refractivity contribution in [1.82, 2.24) is 0 Å². The van der Waals surface area contributed by atoms with Gasteiger partial charge in [-0.15, -0.1) is 0 Å². The molecule has 0 spiro atoms. The SMILES string of the molecule is CC(=O)Nc1ccc(NC(=O)c2ccc(SC(F)F)cc2)c(C(F)(F)F)c1. The van der Waals surface area contributed by atoms with Gasteiger partial charge < -0.3 is 10.6 Å². The van der Waals surface area contributed by atoms with Gasteiger partial charge in [0.05, 0.1) is 11.3 Å². The first-order chi connectivity index (χ1) is 12.6. The Morgan fingerprint density at radius 3 is 2.15 bits per heavy atom. The maximum absolute atomic E-state index is 13.3. The molecule has 10 heteroatoms. The molecule has 0 fully saturated rings. The summed E-state index contributed by atoms with van der Waals surface area (Å²) in [5.74, 6) is -4.00. The molecule has 2 N–H and O–H groups in total. The fourth-order valence-corrected chi connectivity index (χ4v) is 2.65. The number of amides is 2. The Bertz CT molecular complexity index is 838. The van der Waals surface area contributed by atoms with Crippen LogP contribution in [0.3, 0.4) is 0 Å². The van der Waals surface area contributed by atoms with E-state index in [4.69, 9.17) is 0 Å². The highest BCUT2D eigenvalue weighted by Crippen LogP contribution is 2.37. The fraction of sp³-hybridized carbons (Fsp3) is 0.176. The van der Waals surface area contributed by atoms with Crippen LogP contribution in [0.1, 0.15) is 22.8 Å². The second kappa shape index (κ2) is 8.38. The smallest absolute Gasteiger partial charge is 0.326 e. The highest BCUT2D eigenvalue weighted by atomic mass is 32.2. The average molecular weight is 404 g/mol. The first-order valence-corrected chi connectivity index (χ1v) is 8.29. The number of alkyl halides is 5. The predicted molar refractivity (Wildman–Crippen MR) is 92.0 cm³/mol. The van der Waals surface area contributed by atoms with Gasteiger partial charge in [0.15, 0.2) is 0 Å². The van der Waals surface area contributed by atoms with E-state index in [-0.39, 0.29) is 27.9 Å². The molecular formula is C17H13F5N2O2S. The van der Waals surface area contributed by atoms with Crippen LogP contribution in [0, 0.1) is 0 Å². The lowest BCUT2D eigenvalue weighted by Gasteiger charge is -2.15. The second-order valence-electron chi connectivity index (χ2n) is 5.30. The number of benzene rings is 2.